The fraction of sp³-hybridized carbons (Fsp3) is 0.615. The van der Waals surface area contributed by atoms with Crippen molar-refractivity contribution >= 4 is 0 Å². The molecule has 0 amide bonds. The van der Waals surface area contributed by atoms with E-state index in [0.29, 0.717) is 5.82 Å². The van der Waals surface area contributed by atoms with Crippen LogP contribution in [0.5, 0.6) is 0 Å². The van der Waals surface area contributed by atoms with Gasteiger partial charge in [-0.1, -0.05) is 19.3 Å². The summed E-state index contributed by atoms with van der Waals surface area (Å²) in [5, 5.41) is 4.08. The highest BCUT2D eigenvalue weighted by atomic mass is 16.2. The monoisotopic (exact) mass is 275 g/mol. The topological polar surface area (TPSA) is 82.7 Å². The van der Waals surface area contributed by atoms with Crippen molar-refractivity contribution in [3.05, 3.63) is 26.7 Å². The van der Waals surface area contributed by atoms with Crippen molar-refractivity contribution in [2.45, 2.75) is 45.1 Å². The molecule has 2 aliphatic heterocycles. The van der Waals surface area contributed by atoms with E-state index >= 15 is 0 Å². The van der Waals surface area contributed by atoms with Gasteiger partial charge in [0.15, 0.2) is 11.5 Å². The van der Waals surface area contributed by atoms with Crippen LogP contribution in [0.15, 0.2) is 9.59 Å². The molecule has 0 aromatic heterocycles. The second-order valence-electron chi connectivity index (χ2n) is 5.32. The van der Waals surface area contributed by atoms with E-state index in [2.05, 4.69) is 15.1 Å². The zero-order valence-electron chi connectivity index (χ0n) is 11.7. The number of nitrogens with zero attached hydrogens (tertiary/aromatic N) is 5. The van der Waals surface area contributed by atoms with Gasteiger partial charge < -0.3 is 0 Å². The van der Waals surface area contributed by atoms with E-state index in [1.54, 1.807) is 14.0 Å². The molecule has 7 heteroatoms. The largest absolute Gasteiger partial charge is 0.352 e. The van der Waals surface area contributed by atoms with Crippen LogP contribution >= 0.6 is 0 Å². The van der Waals surface area contributed by atoms with Crippen molar-refractivity contribution in [3.8, 4) is 11.5 Å². The molecule has 1 fully saturated rings. The summed E-state index contributed by atoms with van der Waals surface area (Å²) in [6, 6.07) is -0.0405. The zero-order valence-corrected chi connectivity index (χ0v) is 11.7. The standard InChI is InChI=1S/C13H17N5O2/c1-8-14-10-11(17(2)16-8)15-13(20)18(12(10)19)9-6-4-3-5-7-9/h9H,3-7H2,1-2H3. The smallest absolute Gasteiger partial charge is 0.267 e. The van der Waals surface area contributed by atoms with Gasteiger partial charge >= 0.3 is 5.69 Å². The highest BCUT2D eigenvalue weighted by Crippen LogP contribution is 2.26. The lowest BCUT2D eigenvalue weighted by Crippen LogP contribution is -2.41. The quantitative estimate of drug-likeness (QED) is 0.763. The van der Waals surface area contributed by atoms with E-state index in [1.807, 2.05) is 0 Å². The van der Waals surface area contributed by atoms with Crippen molar-refractivity contribution in [3.63, 3.8) is 0 Å². The Morgan fingerprint density at radius 1 is 1.10 bits per heavy atom. The molecule has 106 valence electrons. The van der Waals surface area contributed by atoms with Gasteiger partial charge in [0.25, 0.3) is 5.56 Å². The van der Waals surface area contributed by atoms with Crippen molar-refractivity contribution in [1.29, 1.82) is 0 Å². The molecule has 1 saturated carbocycles. The molecule has 0 spiro atoms. The summed E-state index contributed by atoms with van der Waals surface area (Å²) in [6.45, 7) is 1.72. The van der Waals surface area contributed by atoms with Crippen molar-refractivity contribution in [1.82, 2.24) is 24.3 Å². The summed E-state index contributed by atoms with van der Waals surface area (Å²) in [5.41, 5.74) is -0.601. The zero-order chi connectivity index (χ0) is 14.3. The SMILES string of the molecule is Cc1nc2c(=O)n(C3CCCCC3)c(=O)nc-2n(C)n1. The average Bonchev–Trinajstić information content (AvgIpc) is 2.42. The van der Waals surface area contributed by atoms with Gasteiger partial charge in [-0.3, -0.25) is 9.36 Å². The molecule has 7 nitrogen and oxygen atoms in total. The average molecular weight is 275 g/mol. The van der Waals surface area contributed by atoms with Crippen LogP contribution in [0.1, 0.15) is 44.0 Å². The lowest BCUT2D eigenvalue weighted by atomic mass is 9.95. The summed E-state index contributed by atoms with van der Waals surface area (Å²) >= 11 is 0. The molecule has 0 radical (unpaired) electrons. The Labute approximate surface area is 115 Å². The minimum atomic E-state index is -0.488. The molecular weight excluding hydrogens is 258 g/mol. The molecule has 0 bridgehead atoms. The van der Waals surface area contributed by atoms with Gasteiger partial charge in [0.2, 0.25) is 0 Å². The van der Waals surface area contributed by atoms with Crippen LogP contribution in [0.25, 0.3) is 11.5 Å². The van der Waals surface area contributed by atoms with Crippen LogP contribution in [-0.4, -0.2) is 24.3 Å². The molecule has 0 atom stereocenters. The third-order valence-corrected chi connectivity index (χ3v) is 3.86. The van der Waals surface area contributed by atoms with Gasteiger partial charge in [-0.05, 0) is 19.8 Å². The first-order valence-electron chi connectivity index (χ1n) is 6.92. The molecule has 0 N–H and O–H groups in total. The fourth-order valence-corrected chi connectivity index (χ4v) is 2.93. The van der Waals surface area contributed by atoms with Gasteiger partial charge in [-0.2, -0.15) is 10.1 Å². The molecule has 20 heavy (non-hydrogen) atoms. The third kappa shape index (κ3) is 2.03. The maximum Gasteiger partial charge on any atom is 0.352 e. The van der Waals surface area contributed by atoms with Crippen LogP contribution < -0.4 is 11.2 Å². The van der Waals surface area contributed by atoms with Crippen LogP contribution in [-0.2, 0) is 7.05 Å². The molecule has 0 aromatic rings. The normalized spacial score (nSPS) is 16.7. The Morgan fingerprint density at radius 2 is 1.80 bits per heavy atom. The number of fused-ring (bicyclic) bond motifs is 1. The molecule has 1 aliphatic carbocycles. The van der Waals surface area contributed by atoms with E-state index in [9.17, 15) is 9.59 Å². The molecule has 3 aliphatic rings. The van der Waals surface area contributed by atoms with Gasteiger partial charge in [-0.25, -0.2) is 14.5 Å². The first-order chi connectivity index (χ1) is 9.58. The van der Waals surface area contributed by atoms with Crippen LogP contribution in [0.3, 0.4) is 0 Å². The number of aryl methyl sites for hydroxylation is 2. The Kier molecular flexibility index (Phi) is 3.11. The maximum absolute atomic E-state index is 12.6. The van der Waals surface area contributed by atoms with Gasteiger partial charge in [0.05, 0.1) is 0 Å². The number of aromatic nitrogens is 5. The molecular formula is C13H17N5O2. The van der Waals surface area contributed by atoms with Gasteiger partial charge in [0.1, 0.15) is 5.82 Å². The summed E-state index contributed by atoms with van der Waals surface area (Å²) in [7, 11) is 1.66. The first kappa shape index (κ1) is 13.0. The number of hydrogen-bond donors (Lipinski definition) is 0. The Bertz CT molecular complexity index is 727. The second-order valence-corrected chi connectivity index (χ2v) is 5.32. The summed E-state index contributed by atoms with van der Waals surface area (Å²) < 4.78 is 2.72. The summed E-state index contributed by atoms with van der Waals surface area (Å²) in [6.07, 6.45) is 4.98. The van der Waals surface area contributed by atoms with E-state index in [1.165, 1.54) is 9.25 Å². The highest BCUT2D eigenvalue weighted by Gasteiger charge is 2.24. The predicted molar refractivity (Wildman–Crippen MR) is 72.8 cm³/mol. The van der Waals surface area contributed by atoms with Crippen LogP contribution in [0.4, 0.5) is 0 Å². The first-order valence-corrected chi connectivity index (χ1v) is 6.92. The lowest BCUT2D eigenvalue weighted by Gasteiger charge is -2.23. The fourth-order valence-electron chi connectivity index (χ4n) is 2.93. The highest BCUT2D eigenvalue weighted by molar-refractivity contribution is 5.47. The number of rotatable bonds is 1. The summed E-state index contributed by atoms with van der Waals surface area (Å²) in [5.74, 6) is 0.741. The van der Waals surface area contributed by atoms with E-state index in [-0.39, 0.29) is 23.1 Å². The Hall–Kier alpha value is -2.05. The van der Waals surface area contributed by atoms with E-state index in [0.717, 1.165) is 32.1 Å². The van der Waals surface area contributed by atoms with E-state index < -0.39 is 5.69 Å². The second kappa shape index (κ2) is 4.81. The van der Waals surface area contributed by atoms with Crippen LogP contribution in [0, 0.1) is 6.92 Å². The van der Waals surface area contributed by atoms with Gasteiger partial charge in [-0.15, -0.1) is 0 Å². The minimum Gasteiger partial charge on any atom is -0.267 e. The van der Waals surface area contributed by atoms with Gasteiger partial charge in [0, 0.05) is 13.1 Å². The van der Waals surface area contributed by atoms with E-state index in [4.69, 9.17) is 0 Å². The van der Waals surface area contributed by atoms with Crippen molar-refractivity contribution < 1.29 is 0 Å². The summed E-state index contributed by atoms with van der Waals surface area (Å²) in [4.78, 5) is 32.9. The van der Waals surface area contributed by atoms with Crippen molar-refractivity contribution in [2.75, 3.05) is 0 Å². The molecule has 0 saturated heterocycles. The molecule has 0 aromatic carbocycles. The minimum absolute atomic E-state index is 0.0405. The predicted octanol–water partition coefficient (Wildman–Crippen LogP) is 0.650. The molecule has 3 rings (SSSR count). The third-order valence-electron chi connectivity index (χ3n) is 3.86. The van der Waals surface area contributed by atoms with Crippen LogP contribution in [0.2, 0.25) is 0 Å². The Balaban J connectivity index is 2.26. The molecule has 0 unspecified atom stereocenters. The molecule has 2 heterocycles. The number of hydrogen-bond acceptors (Lipinski definition) is 5. The lowest BCUT2D eigenvalue weighted by molar-refractivity contribution is 0.335. The maximum atomic E-state index is 12.6. The van der Waals surface area contributed by atoms with Crippen molar-refractivity contribution in [2.24, 2.45) is 7.05 Å². The Morgan fingerprint density at radius 3 is 2.50 bits per heavy atom.